The molecule has 4 nitrogen and oxygen atoms in total. The van der Waals surface area contributed by atoms with Crippen LogP contribution in [-0.4, -0.2) is 37.2 Å². The lowest BCUT2D eigenvalue weighted by Gasteiger charge is -2.32. The van der Waals surface area contributed by atoms with Gasteiger partial charge in [0.05, 0.1) is 7.11 Å². The van der Waals surface area contributed by atoms with Gasteiger partial charge in [0.25, 0.3) is 0 Å². The smallest absolute Gasteiger partial charge is 0.328 e. The average molecular weight is 223 g/mol. The fourth-order valence-electron chi connectivity index (χ4n) is 1.49. The van der Waals surface area contributed by atoms with Crippen LogP contribution in [0.3, 0.4) is 0 Å². The third-order valence-corrected chi connectivity index (χ3v) is 2.96. The van der Waals surface area contributed by atoms with Gasteiger partial charge in [-0.2, -0.15) is 0 Å². The number of ether oxygens (including phenoxy) is 1. The molecular formula is C12H17NO3. The Balaban J connectivity index is 3.17. The maximum atomic E-state index is 11.3. The second kappa shape index (κ2) is 4.53. The molecule has 0 aliphatic heterocycles. The Morgan fingerprint density at radius 2 is 1.81 bits per heavy atom. The minimum Gasteiger partial charge on any atom is -0.497 e. The summed E-state index contributed by atoms with van der Waals surface area (Å²) in [6, 6.07) is 7.07. The van der Waals surface area contributed by atoms with E-state index in [9.17, 15) is 9.90 Å². The molecule has 0 heterocycles. The first-order chi connectivity index (χ1) is 7.42. The molecule has 4 heteroatoms. The molecule has 0 radical (unpaired) electrons. The van der Waals surface area contributed by atoms with Crippen molar-refractivity contribution in [3.63, 3.8) is 0 Å². The van der Waals surface area contributed by atoms with Crippen molar-refractivity contribution in [2.75, 3.05) is 21.2 Å². The molecular weight excluding hydrogens is 206 g/mol. The molecule has 0 aliphatic rings. The largest absolute Gasteiger partial charge is 0.497 e. The van der Waals surface area contributed by atoms with Gasteiger partial charge in [0, 0.05) is 0 Å². The van der Waals surface area contributed by atoms with Crippen LogP contribution in [0.4, 0.5) is 0 Å². The zero-order chi connectivity index (χ0) is 12.3. The van der Waals surface area contributed by atoms with E-state index in [-0.39, 0.29) is 0 Å². The lowest BCUT2D eigenvalue weighted by Crippen LogP contribution is -2.45. The molecule has 0 unspecified atom stereocenters. The summed E-state index contributed by atoms with van der Waals surface area (Å²) in [5.41, 5.74) is -0.294. The number of benzene rings is 1. The number of hydrogen-bond donors (Lipinski definition) is 1. The predicted molar refractivity (Wildman–Crippen MR) is 61.7 cm³/mol. The molecule has 88 valence electrons. The highest BCUT2D eigenvalue weighted by Crippen LogP contribution is 2.27. The first-order valence-corrected chi connectivity index (χ1v) is 4.98. The molecule has 0 fully saturated rings. The Labute approximate surface area is 95.5 Å². The van der Waals surface area contributed by atoms with Crippen molar-refractivity contribution < 1.29 is 14.6 Å². The summed E-state index contributed by atoms with van der Waals surface area (Å²) < 4.78 is 5.04. The number of methoxy groups -OCH3 is 1. The topological polar surface area (TPSA) is 49.8 Å². The number of carbonyl (C=O) groups is 1. The molecule has 16 heavy (non-hydrogen) atoms. The predicted octanol–water partition coefficient (Wildman–Crippen LogP) is 1.56. The molecule has 0 saturated heterocycles. The number of aliphatic carboxylic acids is 1. The molecule has 0 aliphatic carbocycles. The van der Waals surface area contributed by atoms with Gasteiger partial charge in [-0.05, 0) is 38.7 Å². The summed E-state index contributed by atoms with van der Waals surface area (Å²) in [6.07, 6.45) is 0. The van der Waals surface area contributed by atoms with Crippen LogP contribution < -0.4 is 4.74 Å². The minimum absolute atomic E-state index is 0.718. The average Bonchev–Trinajstić information content (AvgIpc) is 2.27. The molecule has 0 spiro atoms. The van der Waals surface area contributed by atoms with Crippen LogP contribution in [-0.2, 0) is 10.3 Å². The lowest BCUT2D eigenvalue weighted by atomic mass is 9.91. The Hall–Kier alpha value is -1.55. The fraction of sp³-hybridized carbons (Fsp3) is 0.417. The summed E-state index contributed by atoms with van der Waals surface area (Å²) in [5.74, 6) is -0.155. The zero-order valence-electron chi connectivity index (χ0n) is 10.0. The standard InChI is InChI=1S/C12H17NO3/c1-12(11(14)15,13(2)3)9-5-7-10(16-4)8-6-9/h5-8H,1-4H3,(H,14,15)/t12-/m0/s1. The highest BCUT2D eigenvalue weighted by Gasteiger charge is 2.37. The third-order valence-electron chi connectivity index (χ3n) is 2.96. The summed E-state index contributed by atoms with van der Waals surface area (Å²) in [5, 5.41) is 9.31. The van der Waals surface area contributed by atoms with E-state index >= 15 is 0 Å². The van der Waals surface area contributed by atoms with Crippen molar-refractivity contribution in [2.45, 2.75) is 12.5 Å². The van der Waals surface area contributed by atoms with Crippen LogP contribution in [0.1, 0.15) is 12.5 Å². The Morgan fingerprint density at radius 1 is 1.31 bits per heavy atom. The Morgan fingerprint density at radius 3 is 2.12 bits per heavy atom. The monoisotopic (exact) mass is 223 g/mol. The van der Waals surface area contributed by atoms with E-state index in [0.717, 1.165) is 11.3 Å². The maximum Gasteiger partial charge on any atom is 0.328 e. The maximum absolute atomic E-state index is 11.3. The molecule has 1 rings (SSSR count). The Bertz CT molecular complexity index is 372. The number of nitrogens with zero attached hydrogens (tertiary/aromatic N) is 1. The molecule has 1 N–H and O–H groups in total. The summed E-state index contributed by atoms with van der Waals surface area (Å²) in [6.45, 7) is 1.68. The fourth-order valence-corrected chi connectivity index (χ4v) is 1.49. The molecule has 0 saturated carbocycles. The van der Waals surface area contributed by atoms with Crippen LogP contribution in [0.5, 0.6) is 5.75 Å². The van der Waals surface area contributed by atoms with Gasteiger partial charge in [-0.3, -0.25) is 4.90 Å². The lowest BCUT2D eigenvalue weighted by molar-refractivity contribution is -0.149. The van der Waals surface area contributed by atoms with Crippen molar-refractivity contribution in [3.8, 4) is 5.75 Å². The van der Waals surface area contributed by atoms with E-state index in [2.05, 4.69) is 0 Å². The van der Waals surface area contributed by atoms with Gasteiger partial charge in [0.1, 0.15) is 11.3 Å². The van der Waals surface area contributed by atoms with Gasteiger partial charge in [-0.15, -0.1) is 0 Å². The second-order valence-corrected chi connectivity index (χ2v) is 4.00. The number of rotatable bonds is 4. The van der Waals surface area contributed by atoms with Gasteiger partial charge in [0.2, 0.25) is 0 Å². The van der Waals surface area contributed by atoms with Crippen molar-refractivity contribution in [2.24, 2.45) is 0 Å². The number of carboxylic acids is 1. The number of hydrogen-bond acceptors (Lipinski definition) is 3. The van der Waals surface area contributed by atoms with Crippen molar-refractivity contribution in [3.05, 3.63) is 29.8 Å². The molecule has 0 aromatic heterocycles. The van der Waals surface area contributed by atoms with E-state index < -0.39 is 11.5 Å². The first kappa shape index (κ1) is 12.5. The highest BCUT2D eigenvalue weighted by atomic mass is 16.5. The quantitative estimate of drug-likeness (QED) is 0.841. The van der Waals surface area contributed by atoms with Gasteiger partial charge in [-0.25, -0.2) is 4.79 Å². The van der Waals surface area contributed by atoms with Crippen LogP contribution in [0.25, 0.3) is 0 Å². The normalized spacial score (nSPS) is 14.6. The van der Waals surface area contributed by atoms with Crippen LogP contribution in [0, 0.1) is 0 Å². The SMILES string of the molecule is COc1ccc([C@@](C)(C(=O)O)N(C)C)cc1. The Kier molecular flexibility index (Phi) is 3.55. The molecule has 1 aromatic carbocycles. The van der Waals surface area contributed by atoms with E-state index in [1.807, 2.05) is 0 Å². The molecule has 0 bridgehead atoms. The minimum atomic E-state index is -1.02. The van der Waals surface area contributed by atoms with Gasteiger partial charge in [0.15, 0.2) is 0 Å². The van der Waals surface area contributed by atoms with Crippen molar-refractivity contribution in [1.82, 2.24) is 4.90 Å². The van der Waals surface area contributed by atoms with E-state index in [4.69, 9.17) is 4.74 Å². The summed E-state index contributed by atoms with van der Waals surface area (Å²) in [4.78, 5) is 13.0. The van der Waals surface area contributed by atoms with Gasteiger partial charge in [-0.1, -0.05) is 12.1 Å². The zero-order valence-corrected chi connectivity index (χ0v) is 10.0. The van der Waals surface area contributed by atoms with E-state index in [1.165, 1.54) is 0 Å². The summed E-state index contributed by atoms with van der Waals surface area (Å²) >= 11 is 0. The van der Waals surface area contributed by atoms with Crippen LogP contribution >= 0.6 is 0 Å². The molecule has 1 aromatic rings. The number of likely N-dealkylation sites (N-methyl/N-ethyl adjacent to an activating group) is 1. The van der Waals surface area contributed by atoms with Crippen molar-refractivity contribution >= 4 is 5.97 Å². The molecule has 0 amide bonds. The van der Waals surface area contributed by atoms with E-state index in [1.54, 1.807) is 57.3 Å². The second-order valence-electron chi connectivity index (χ2n) is 4.00. The highest BCUT2D eigenvalue weighted by molar-refractivity contribution is 5.80. The van der Waals surface area contributed by atoms with Crippen LogP contribution in [0.15, 0.2) is 24.3 Å². The number of carboxylic acid groups (broad SMARTS) is 1. The molecule has 1 atom stereocenters. The van der Waals surface area contributed by atoms with Crippen LogP contribution in [0.2, 0.25) is 0 Å². The van der Waals surface area contributed by atoms with Gasteiger partial charge < -0.3 is 9.84 Å². The van der Waals surface area contributed by atoms with E-state index in [0.29, 0.717) is 0 Å². The van der Waals surface area contributed by atoms with Gasteiger partial charge >= 0.3 is 5.97 Å². The third kappa shape index (κ3) is 2.02. The van der Waals surface area contributed by atoms with Crippen molar-refractivity contribution in [1.29, 1.82) is 0 Å². The summed E-state index contributed by atoms with van der Waals surface area (Å²) in [7, 11) is 5.08. The first-order valence-electron chi connectivity index (χ1n) is 4.98.